The number of nitrogens with one attached hydrogen (secondary N) is 1. The number of nitrogens with zero attached hydrogens (tertiary/aromatic N) is 1. The molecule has 6 heteroatoms. The number of carbonyl (C=O) groups is 1. The highest BCUT2D eigenvalue weighted by Crippen LogP contribution is 2.33. The van der Waals surface area contributed by atoms with Crippen LogP contribution in [0.25, 0.3) is 0 Å². The summed E-state index contributed by atoms with van der Waals surface area (Å²) < 4.78 is 5.51. The van der Waals surface area contributed by atoms with E-state index in [1.807, 2.05) is 30.1 Å². The number of rotatable bonds is 4. The molecule has 1 heterocycles. The zero-order valence-corrected chi connectivity index (χ0v) is 11.2. The van der Waals surface area contributed by atoms with Crippen molar-refractivity contribution in [1.82, 2.24) is 0 Å². The average molecular weight is 264 g/mol. The number of carbonyl (C=O) groups excluding carboxylic acids is 1. The molecular weight excluding hydrogens is 244 g/mol. The molecule has 6 nitrogen and oxygen atoms in total. The predicted molar refractivity (Wildman–Crippen MR) is 75.5 cm³/mol. The van der Waals surface area contributed by atoms with Crippen LogP contribution in [-0.4, -0.2) is 38.2 Å². The number of hydrogen-bond acceptors (Lipinski definition) is 5. The highest BCUT2D eigenvalue weighted by molar-refractivity contribution is 5.98. The van der Waals surface area contributed by atoms with Crippen molar-refractivity contribution in [2.75, 3.05) is 30.4 Å². The van der Waals surface area contributed by atoms with Gasteiger partial charge in [-0.25, -0.2) is 0 Å². The number of likely N-dealkylation sites (N-methyl/N-ethyl adjacent to an activating group) is 1. The number of fused-ring (bicyclic) bond motifs is 1. The van der Waals surface area contributed by atoms with E-state index in [-0.39, 0.29) is 11.9 Å². The van der Waals surface area contributed by atoms with E-state index in [2.05, 4.69) is 5.32 Å². The first-order valence-corrected chi connectivity index (χ1v) is 6.29. The Bertz CT molecular complexity index is 478. The van der Waals surface area contributed by atoms with Crippen LogP contribution in [0.2, 0.25) is 0 Å². The van der Waals surface area contributed by atoms with Gasteiger partial charge in [0.1, 0.15) is 5.75 Å². The molecule has 0 aliphatic carbocycles. The zero-order valence-electron chi connectivity index (χ0n) is 11.2. The Kier molecular flexibility index (Phi) is 3.92. The lowest BCUT2D eigenvalue weighted by molar-refractivity contribution is -0.122. The maximum atomic E-state index is 11.6. The first-order valence-electron chi connectivity index (χ1n) is 6.29. The van der Waals surface area contributed by atoms with E-state index in [9.17, 15) is 4.79 Å². The molecule has 0 radical (unpaired) electrons. The Labute approximate surface area is 112 Å². The number of anilines is 2. The minimum absolute atomic E-state index is 0.0769. The van der Waals surface area contributed by atoms with Crippen LogP contribution in [0.1, 0.15) is 6.92 Å². The summed E-state index contributed by atoms with van der Waals surface area (Å²) in [5.41, 5.74) is 13.0. The Hall–Kier alpha value is -1.79. The second kappa shape index (κ2) is 5.46. The molecule has 5 N–H and O–H groups in total. The molecule has 0 saturated carbocycles. The monoisotopic (exact) mass is 264 g/mol. The second-order valence-electron chi connectivity index (χ2n) is 4.81. The highest BCUT2D eigenvalue weighted by Gasteiger charge is 2.23. The van der Waals surface area contributed by atoms with Gasteiger partial charge < -0.3 is 26.4 Å². The number of nitrogens with two attached hydrogens (primary N) is 2. The number of hydrogen-bond donors (Lipinski definition) is 3. The maximum absolute atomic E-state index is 11.6. The lowest BCUT2D eigenvalue weighted by atomic mass is 10.2. The third-order valence-electron chi connectivity index (χ3n) is 3.15. The van der Waals surface area contributed by atoms with E-state index < -0.39 is 6.10 Å². The first kappa shape index (κ1) is 13.6. The summed E-state index contributed by atoms with van der Waals surface area (Å²) in [5, 5.41) is 2.83. The molecular formula is C13H20N4O2. The first-order chi connectivity index (χ1) is 9.01. The van der Waals surface area contributed by atoms with Crippen molar-refractivity contribution in [2.24, 2.45) is 11.5 Å². The van der Waals surface area contributed by atoms with Crippen molar-refractivity contribution in [3.8, 4) is 5.75 Å². The van der Waals surface area contributed by atoms with Gasteiger partial charge in [-0.3, -0.25) is 4.79 Å². The topological polar surface area (TPSA) is 93.6 Å². The van der Waals surface area contributed by atoms with Gasteiger partial charge in [-0.05, 0) is 25.1 Å². The summed E-state index contributed by atoms with van der Waals surface area (Å²) in [6, 6.07) is 5.59. The summed E-state index contributed by atoms with van der Waals surface area (Å²) in [5.74, 6) is 0.554. The fourth-order valence-corrected chi connectivity index (χ4v) is 1.97. The van der Waals surface area contributed by atoms with Crippen molar-refractivity contribution < 1.29 is 9.53 Å². The fourth-order valence-electron chi connectivity index (χ4n) is 1.97. The summed E-state index contributed by atoms with van der Waals surface area (Å²) in [4.78, 5) is 13.6. The molecule has 1 aliphatic heterocycles. The number of ether oxygens (including phenoxy) is 1. The Morgan fingerprint density at radius 1 is 1.53 bits per heavy atom. The summed E-state index contributed by atoms with van der Waals surface area (Å²) in [6.07, 6.45) is -0.457. The third kappa shape index (κ3) is 2.97. The van der Waals surface area contributed by atoms with Crippen molar-refractivity contribution in [3.63, 3.8) is 0 Å². The second-order valence-corrected chi connectivity index (χ2v) is 4.81. The van der Waals surface area contributed by atoms with Crippen molar-refractivity contribution >= 4 is 17.3 Å². The van der Waals surface area contributed by atoms with Gasteiger partial charge in [-0.2, -0.15) is 0 Å². The molecule has 1 aliphatic rings. The van der Waals surface area contributed by atoms with Crippen molar-refractivity contribution in [1.29, 1.82) is 0 Å². The standard InChI is InChI=1S/C13H20N4O2/c1-8-13(18)16-11-5-10(3-4-12(11)19-8)17(2)7-9(15)6-14/h3-5,8-9H,6-7,14-15H2,1-2H3,(H,16,18). The molecule has 1 amide bonds. The molecule has 2 unspecified atom stereocenters. The molecule has 0 bridgehead atoms. The molecule has 0 aromatic heterocycles. The van der Waals surface area contributed by atoms with Crippen molar-refractivity contribution in [2.45, 2.75) is 19.1 Å². The Morgan fingerprint density at radius 3 is 2.95 bits per heavy atom. The fraction of sp³-hybridized carbons (Fsp3) is 0.462. The summed E-state index contributed by atoms with van der Waals surface area (Å²) in [6.45, 7) is 2.81. The van der Waals surface area contributed by atoms with Crippen LogP contribution < -0.4 is 26.4 Å². The van der Waals surface area contributed by atoms with Crippen LogP contribution in [0.5, 0.6) is 5.75 Å². The van der Waals surface area contributed by atoms with Gasteiger partial charge in [0.2, 0.25) is 0 Å². The van der Waals surface area contributed by atoms with Gasteiger partial charge in [0.05, 0.1) is 5.69 Å². The lowest BCUT2D eigenvalue weighted by Gasteiger charge is -2.27. The largest absolute Gasteiger partial charge is 0.479 e. The Morgan fingerprint density at radius 2 is 2.26 bits per heavy atom. The highest BCUT2D eigenvalue weighted by atomic mass is 16.5. The molecule has 2 atom stereocenters. The lowest BCUT2D eigenvalue weighted by Crippen LogP contribution is -2.40. The average Bonchev–Trinajstić information content (AvgIpc) is 2.39. The third-order valence-corrected chi connectivity index (χ3v) is 3.15. The van der Waals surface area contributed by atoms with Gasteiger partial charge in [-0.15, -0.1) is 0 Å². The van der Waals surface area contributed by atoms with Crippen LogP contribution in [0.3, 0.4) is 0 Å². The summed E-state index contributed by atoms with van der Waals surface area (Å²) in [7, 11) is 1.94. The van der Waals surface area contributed by atoms with E-state index >= 15 is 0 Å². The molecule has 0 fully saturated rings. The SMILES string of the molecule is CC1Oc2ccc(N(C)CC(N)CN)cc2NC1=O. The number of benzene rings is 1. The molecule has 1 aromatic carbocycles. The van der Waals surface area contributed by atoms with Gasteiger partial charge in [0.15, 0.2) is 6.10 Å². The zero-order chi connectivity index (χ0) is 14.0. The number of amides is 1. The van der Waals surface area contributed by atoms with Crippen LogP contribution in [0, 0.1) is 0 Å². The molecule has 1 aromatic rings. The minimum Gasteiger partial charge on any atom is -0.479 e. The summed E-state index contributed by atoms with van der Waals surface area (Å²) >= 11 is 0. The van der Waals surface area contributed by atoms with Gasteiger partial charge in [0.25, 0.3) is 5.91 Å². The quantitative estimate of drug-likeness (QED) is 0.718. The Balaban J connectivity index is 2.17. The van der Waals surface area contributed by atoms with Gasteiger partial charge >= 0.3 is 0 Å². The minimum atomic E-state index is -0.457. The molecule has 104 valence electrons. The van der Waals surface area contributed by atoms with Crippen LogP contribution in [-0.2, 0) is 4.79 Å². The normalized spacial score (nSPS) is 19.2. The smallest absolute Gasteiger partial charge is 0.265 e. The van der Waals surface area contributed by atoms with Gasteiger partial charge in [-0.1, -0.05) is 0 Å². The van der Waals surface area contributed by atoms with Crippen LogP contribution >= 0.6 is 0 Å². The van der Waals surface area contributed by atoms with Crippen LogP contribution in [0.15, 0.2) is 18.2 Å². The van der Waals surface area contributed by atoms with Gasteiger partial charge in [0, 0.05) is 31.9 Å². The predicted octanol–water partition coefficient (Wildman–Crippen LogP) is 0.128. The molecule has 2 rings (SSSR count). The maximum Gasteiger partial charge on any atom is 0.265 e. The van der Waals surface area contributed by atoms with E-state index in [0.717, 1.165) is 5.69 Å². The van der Waals surface area contributed by atoms with E-state index in [1.54, 1.807) is 6.92 Å². The van der Waals surface area contributed by atoms with E-state index in [1.165, 1.54) is 0 Å². The van der Waals surface area contributed by atoms with E-state index in [4.69, 9.17) is 16.2 Å². The van der Waals surface area contributed by atoms with Crippen molar-refractivity contribution in [3.05, 3.63) is 18.2 Å². The molecule has 0 spiro atoms. The van der Waals surface area contributed by atoms with Crippen LogP contribution in [0.4, 0.5) is 11.4 Å². The molecule has 0 saturated heterocycles. The molecule has 19 heavy (non-hydrogen) atoms. The van der Waals surface area contributed by atoms with E-state index in [0.29, 0.717) is 24.5 Å².